The van der Waals surface area contributed by atoms with E-state index in [4.69, 9.17) is 9.73 Å². The van der Waals surface area contributed by atoms with E-state index in [0.29, 0.717) is 12.6 Å². The highest BCUT2D eigenvalue weighted by Crippen LogP contribution is 2.18. The number of rotatable bonds is 5. The fourth-order valence-electron chi connectivity index (χ4n) is 3.56. The maximum Gasteiger partial charge on any atom is 0.191 e. The largest absolute Gasteiger partial charge is 0.378 e. The van der Waals surface area contributed by atoms with Crippen LogP contribution in [0.2, 0.25) is 0 Å². The first-order chi connectivity index (χ1) is 12.3. The second-order valence-corrected chi connectivity index (χ2v) is 6.94. The summed E-state index contributed by atoms with van der Waals surface area (Å²) in [6.07, 6.45) is 6.57. The molecule has 0 spiro atoms. The normalized spacial score (nSPS) is 19.0. The van der Waals surface area contributed by atoms with E-state index in [-0.39, 0.29) is 24.0 Å². The molecule has 2 N–H and O–H groups in total. The average Bonchev–Trinajstić information content (AvgIpc) is 2.68. The third kappa shape index (κ3) is 6.61. The molecule has 5 nitrogen and oxygen atoms in total. The summed E-state index contributed by atoms with van der Waals surface area (Å²) in [6, 6.07) is 9.38. The van der Waals surface area contributed by atoms with Crippen molar-refractivity contribution in [3.05, 3.63) is 29.8 Å². The molecule has 1 aliphatic carbocycles. The number of nitrogens with zero attached hydrogens (tertiary/aromatic N) is 2. The van der Waals surface area contributed by atoms with Gasteiger partial charge in [0.15, 0.2) is 5.96 Å². The molecule has 1 aliphatic heterocycles. The minimum atomic E-state index is 0. The molecule has 1 aromatic rings. The summed E-state index contributed by atoms with van der Waals surface area (Å²) in [4.78, 5) is 7.16. The number of nitrogens with one attached hydrogen (secondary N) is 2. The summed E-state index contributed by atoms with van der Waals surface area (Å²) < 4.78 is 5.42. The van der Waals surface area contributed by atoms with Gasteiger partial charge in [-0.1, -0.05) is 31.4 Å². The molecule has 2 aliphatic rings. The first-order valence-electron chi connectivity index (χ1n) is 9.81. The lowest BCUT2D eigenvalue weighted by atomic mass is 9.96. The maximum absolute atomic E-state index is 5.42. The fraction of sp³-hybridized carbons (Fsp3) is 0.650. The highest BCUT2D eigenvalue weighted by molar-refractivity contribution is 14.0. The Morgan fingerprint density at radius 3 is 2.46 bits per heavy atom. The maximum atomic E-state index is 5.42. The number of ether oxygens (including phenoxy) is 1. The third-order valence-corrected chi connectivity index (χ3v) is 5.02. The fourth-order valence-corrected chi connectivity index (χ4v) is 3.56. The zero-order valence-electron chi connectivity index (χ0n) is 15.9. The molecule has 0 unspecified atom stereocenters. The summed E-state index contributed by atoms with van der Waals surface area (Å²) in [7, 11) is 0. The van der Waals surface area contributed by atoms with E-state index in [2.05, 4.69) is 46.7 Å². The zero-order chi connectivity index (χ0) is 17.3. The van der Waals surface area contributed by atoms with Gasteiger partial charge in [-0.15, -0.1) is 24.0 Å². The van der Waals surface area contributed by atoms with Gasteiger partial charge in [0, 0.05) is 31.4 Å². The summed E-state index contributed by atoms with van der Waals surface area (Å²) in [5.74, 6) is 0.951. The van der Waals surface area contributed by atoms with Crippen molar-refractivity contribution >= 4 is 35.6 Å². The number of aliphatic imine (C=N–C) groups is 1. The lowest BCUT2D eigenvalue weighted by Gasteiger charge is -2.28. The van der Waals surface area contributed by atoms with Gasteiger partial charge in [0.05, 0.1) is 19.8 Å². The first-order valence-corrected chi connectivity index (χ1v) is 9.81. The van der Waals surface area contributed by atoms with Crippen molar-refractivity contribution in [2.24, 2.45) is 4.99 Å². The number of hydrogen-bond acceptors (Lipinski definition) is 3. The van der Waals surface area contributed by atoms with Gasteiger partial charge in [-0.05, 0) is 37.5 Å². The molecule has 0 atom stereocenters. The molecule has 1 aromatic carbocycles. The lowest BCUT2D eigenvalue weighted by molar-refractivity contribution is 0.122. The third-order valence-electron chi connectivity index (χ3n) is 5.02. The minimum absolute atomic E-state index is 0. The zero-order valence-corrected chi connectivity index (χ0v) is 18.2. The SMILES string of the molecule is CCNC(=NCc1ccc(N2CCOCC2)cc1)NC1CCCCC1.I. The lowest BCUT2D eigenvalue weighted by Crippen LogP contribution is -2.44. The van der Waals surface area contributed by atoms with Crippen molar-refractivity contribution in [3.8, 4) is 0 Å². The number of halogens is 1. The molecule has 1 saturated carbocycles. The Morgan fingerprint density at radius 1 is 1.12 bits per heavy atom. The second kappa shape index (κ2) is 11.6. The highest BCUT2D eigenvalue weighted by atomic mass is 127. The van der Waals surface area contributed by atoms with Crippen LogP contribution in [0.25, 0.3) is 0 Å². The van der Waals surface area contributed by atoms with Crippen LogP contribution in [0, 0.1) is 0 Å². The molecule has 2 fully saturated rings. The molecule has 1 heterocycles. The summed E-state index contributed by atoms with van der Waals surface area (Å²) in [5, 5.41) is 6.99. The van der Waals surface area contributed by atoms with Crippen LogP contribution >= 0.6 is 24.0 Å². The van der Waals surface area contributed by atoms with Crippen molar-refractivity contribution in [2.45, 2.75) is 51.6 Å². The monoisotopic (exact) mass is 472 g/mol. The number of anilines is 1. The smallest absolute Gasteiger partial charge is 0.191 e. The molecule has 0 aromatic heterocycles. The van der Waals surface area contributed by atoms with Crippen molar-refractivity contribution in [1.82, 2.24) is 10.6 Å². The Balaban J connectivity index is 0.00000243. The molecule has 3 rings (SSSR count). The van der Waals surface area contributed by atoms with Gasteiger partial charge in [0.1, 0.15) is 0 Å². The number of benzene rings is 1. The number of morpholine rings is 1. The summed E-state index contributed by atoms with van der Waals surface area (Å²) >= 11 is 0. The molecule has 0 radical (unpaired) electrons. The van der Waals surface area contributed by atoms with Crippen LogP contribution in [0.1, 0.15) is 44.6 Å². The molecule has 0 amide bonds. The number of hydrogen-bond donors (Lipinski definition) is 2. The van der Waals surface area contributed by atoms with E-state index in [1.807, 2.05) is 0 Å². The Kier molecular flexibility index (Phi) is 9.53. The Hall–Kier alpha value is -1.02. The van der Waals surface area contributed by atoms with Gasteiger partial charge in [-0.25, -0.2) is 4.99 Å². The average molecular weight is 472 g/mol. The Bertz CT molecular complexity index is 537. The van der Waals surface area contributed by atoms with Crippen molar-refractivity contribution in [3.63, 3.8) is 0 Å². The summed E-state index contributed by atoms with van der Waals surface area (Å²) in [5.41, 5.74) is 2.53. The van der Waals surface area contributed by atoms with Crippen LogP contribution in [0.5, 0.6) is 0 Å². The number of guanidine groups is 1. The van der Waals surface area contributed by atoms with E-state index in [1.165, 1.54) is 43.4 Å². The molecule has 146 valence electrons. The Labute approximate surface area is 175 Å². The topological polar surface area (TPSA) is 48.9 Å². The Morgan fingerprint density at radius 2 is 1.81 bits per heavy atom. The molecule has 0 bridgehead atoms. The van der Waals surface area contributed by atoms with E-state index >= 15 is 0 Å². The van der Waals surface area contributed by atoms with Crippen LogP contribution in [-0.2, 0) is 11.3 Å². The van der Waals surface area contributed by atoms with Crippen molar-refractivity contribution in [1.29, 1.82) is 0 Å². The van der Waals surface area contributed by atoms with E-state index in [1.54, 1.807) is 0 Å². The molecule has 26 heavy (non-hydrogen) atoms. The quantitative estimate of drug-likeness (QED) is 0.391. The predicted octanol–water partition coefficient (Wildman–Crippen LogP) is 3.53. The van der Waals surface area contributed by atoms with E-state index in [9.17, 15) is 0 Å². The predicted molar refractivity (Wildman–Crippen MR) is 120 cm³/mol. The van der Waals surface area contributed by atoms with Crippen LogP contribution in [0.4, 0.5) is 5.69 Å². The summed E-state index contributed by atoms with van der Waals surface area (Å²) in [6.45, 7) is 7.34. The van der Waals surface area contributed by atoms with Crippen molar-refractivity contribution in [2.75, 3.05) is 37.7 Å². The van der Waals surface area contributed by atoms with Crippen LogP contribution < -0.4 is 15.5 Å². The first kappa shape index (κ1) is 21.3. The van der Waals surface area contributed by atoms with Gasteiger partial charge in [0.2, 0.25) is 0 Å². The molecule has 1 saturated heterocycles. The second-order valence-electron chi connectivity index (χ2n) is 6.94. The van der Waals surface area contributed by atoms with Crippen molar-refractivity contribution < 1.29 is 4.74 Å². The molecule has 6 heteroatoms. The van der Waals surface area contributed by atoms with Gasteiger partial charge < -0.3 is 20.3 Å². The minimum Gasteiger partial charge on any atom is -0.378 e. The van der Waals surface area contributed by atoms with Gasteiger partial charge in [-0.3, -0.25) is 0 Å². The van der Waals surface area contributed by atoms with Gasteiger partial charge in [0.25, 0.3) is 0 Å². The van der Waals surface area contributed by atoms with E-state index < -0.39 is 0 Å². The van der Waals surface area contributed by atoms with Crippen LogP contribution in [0.15, 0.2) is 29.3 Å². The van der Waals surface area contributed by atoms with Crippen LogP contribution in [0.3, 0.4) is 0 Å². The van der Waals surface area contributed by atoms with Crippen LogP contribution in [-0.4, -0.2) is 44.8 Å². The standard InChI is InChI=1S/C20H32N4O.HI/c1-2-21-20(23-18-6-4-3-5-7-18)22-16-17-8-10-19(11-9-17)24-12-14-25-15-13-24;/h8-11,18H,2-7,12-16H2,1H3,(H2,21,22,23);1H. The molecular weight excluding hydrogens is 439 g/mol. The van der Waals surface area contributed by atoms with E-state index in [0.717, 1.165) is 38.8 Å². The van der Waals surface area contributed by atoms with Gasteiger partial charge >= 0.3 is 0 Å². The highest BCUT2D eigenvalue weighted by Gasteiger charge is 2.14. The molecular formula is C20H33IN4O. The van der Waals surface area contributed by atoms with Gasteiger partial charge in [-0.2, -0.15) is 0 Å².